The van der Waals surface area contributed by atoms with Gasteiger partial charge < -0.3 is 91.0 Å². The largest absolute Gasteiger partial charge is 0.472 e. The number of ether oxygens (including phenoxy) is 2. The molecule has 3 unspecified atom stereocenters. The molecule has 0 radical (unpaired) electrons. The highest BCUT2D eigenvalue weighted by Crippen LogP contribution is 2.45. The number of hydrogen-bond donors (Lipinski definition) is 16. The predicted molar refractivity (Wildman–Crippen MR) is 156 cm³/mol. The Morgan fingerprint density at radius 2 is 1.06 bits per heavy atom. The van der Waals surface area contributed by atoms with Crippen molar-refractivity contribution in [3.63, 3.8) is 0 Å². The second-order valence-corrected chi connectivity index (χ2v) is 13.8. The van der Waals surface area contributed by atoms with E-state index in [1.54, 1.807) is 0 Å². The lowest BCUT2D eigenvalue weighted by atomic mass is 9.96. The van der Waals surface area contributed by atoms with Crippen molar-refractivity contribution in [3.8, 4) is 0 Å². The maximum absolute atomic E-state index is 12.3. The number of nitrogens with one attached hydrogen (secondary N) is 1. The van der Waals surface area contributed by atoms with E-state index < -0.39 is 153 Å². The van der Waals surface area contributed by atoms with E-state index >= 15 is 0 Å². The number of carbonyl (C=O) groups excluding carboxylic acids is 1. The third-order valence-corrected chi connectivity index (χ3v) is 8.79. The molecule has 16 N–H and O–H groups in total. The van der Waals surface area contributed by atoms with Crippen LogP contribution in [0.4, 0.5) is 0 Å². The summed E-state index contributed by atoms with van der Waals surface area (Å²) >= 11 is 0. The predicted octanol–water partition coefficient (Wildman–Crippen LogP) is -8.55. The Balaban J connectivity index is 3.17. The molecule has 0 bridgehead atoms. The number of aliphatic hydroxyl groups excluding tert-OH is 13. The first-order chi connectivity index (χ1) is 23.1. The van der Waals surface area contributed by atoms with Crippen molar-refractivity contribution in [2.45, 2.75) is 92.5 Å². The van der Waals surface area contributed by atoms with Gasteiger partial charge >= 0.3 is 15.6 Å². The molecule has 0 spiro atoms. The Labute approximate surface area is 283 Å². The SMILES string of the molecule is CC(=O)N[C@H]1[C@H](OC([C@H](O)COP(=O)(O)OC[C@H](O)[C@H](O)[C@H](O)CO)[C@@H](O)COP(=O)(O)OC[C@@H](O)[C@@H](O)[C@@H](O)CO)O[C@H](CO)[C@@H](O)[C@@H]1O. The van der Waals surface area contributed by atoms with Gasteiger partial charge in [-0.15, -0.1) is 0 Å². The molecule has 298 valence electrons. The molecule has 50 heavy (non-hydrogen) atoms. The Kier molecular flexibility index (Phi) is 20.5. The lowest BCUT2D eigenvalue weighted by molar-refractivity contribution is -0.299. The molecule has 1 aliphatic rings. The lowest BCUT2D eigenvalue weighted by Gasteiger charge is -2.44. The monoisotopic (exact) mass is 783 g/mol. The fourth-order valence-corrected chi connectivity index (χ4v) is 5.57. The van der Waals surface area contributed by atoms with Crippen molar-refractivity contribution < 1.29 is 118 Å². The van der Waals surface area contributed by atoms with Gasteiger partial charge in [-0.3, -0.25) is 22.9 Å². The van der Waals surface area contributed by atoms with Crippen LogP contribution in [0.2, 0.25) is 0 Å². The number of amides is 1. The van der Waals surface area contributed by atoms with E-state index in [0.29, 0.717) is 0 Å². The molecule has 16 atom stereocenters. The van der Waals surface area contributed by atoms with Crippen LogP contribution < -0.4 is 5.32 Å². The van der Waals surface area contributed by atoms with Crippen molar-refractivity contribution in [2.75, 3.05) is 46.2 Å². The molecule has 1 heterocycles. The number of phosphoric ester groups is 2. The first kappa shape index (κ1) is 47.1. The van der Waals surface area contributed by atoms with Gasteiger partial charge in [0.15, 0.2) is 6.29 Å². The van der Waals surface area contributed by atoms with E-state index in [-0.39, 0.29) is 0 Å². The van der Waals surface area contributed by atoms with Crippen LogP contribution in [-0.2, 0) is 41.5 Å². The maximum Gasteiger partial charge on any atom is 0.472 e. The van der Waals surface area contributed by atoms with Crippen LogP contribution in [0.3, 0.4) is 0 Å². The van der Waals surface area contributed by atoms with Crippen LogP contribution in [-0.4, -0.2) is 214 Å². The van der Waals surface area contributed by atoms with Crippen molar-refractivity contribution in [1.82, 2.24) is 5.32 Å². The summed E-state index contributed by atoms with van der Waals surface area (Å²) in [5.41, 5.74) is 0. The number of carbonyl (C=O) groups is 1. The van der Waals surface area contributed by atoms with Gasteiger partial charge in [-0.25, -0.2) is 9.13 Å². The standard InChI is InChI=1S/C23H47NO24P2/c1-9(28)24-17-21(38)20(37)16(4-27)47-23(17)48-22(14(33)7-45-49(39,40)43-5-12(31)18(35)10(29)2-25)15(34)8-46-50(41,42)44-6-13(32)19(36)11(30)3-26/h10-23,25-27,29-38H,2-8H2,1H3,(H,24,28)(H,39,40)(H,41,42)/t10-,11+,12+,13-,14-,15+,16-,17-,18-,19+,20-,21-,22?,23+/m1/s1. The van der Waals surface area contributed by atoms with Gasteiger partial charge in [-0.05, 0) is 0 Å². The van der Waals surface area contributed by atoms with Crippen LogP contribution in [0.1, 0.15) is 6.92 Å². The van der Waals surface area contributed by atoms with Gasteiger partial charge in [0.25, 0.3) is 0 Å². The normalized spacial score (nSPS) is 29.3. The summed E-state index contributed by atoms with van der Waals surface area (Å²) in [5.74, 6) is -0.820. The smallest absolute Gasteiger partial charge is 0.394 e. The van der Waals surface area contributed by atoms with Gasteiger partial charge in [0, 0.05) is 6.92 Å². The van der Waals surface area contributed by atoms with Crippen molar-refractivity contribution in [1.29, 1.82) is 0 Å². The molecule has 1 amide bonds. The average Bonchev–Trinajstić information content (AvgIpc) is 3.07. The first-order valence-corrected chi connectivity index (χ1v) is 17.5. The van der Waals surface area contributed by atoms with Crippen LogP contribution in [0.25, 0.3) is 0 Å². The lowest BCUT2D eigenvalue weighted by Crippen LogP contribution is -2.66. The summed E-state index contributed by atoms with van der Waals surface area (Å²) in [5, 5.41) is 129. The van der Waals surface area contributed by atoms with E-state index in [1.807, 2.05) is 0 Å². The van der Waals surface area contributed by atoms with Crippen LogP contribution >= 0.6 is 15.6 Å². The van der Waals surface area contributed by atoms with E-state index in [0.717, 1.165) is 6.92 Å². The third kappa shape index (κ3) is 15.2. The second kappa shape index (κ2) is 21.7. The molecule has 0 saturated carbocycles. The molecule has 1 saturated heterocycles. The zero-order chi connectivity index (χ0) is 38.6. The minimum absolute atomic E-state index is 0.820. The second-order valence-electron chi connectivity index (χ2n) is 10.9. The average molecular weight is 784 g/mol. The Morgan fingerprint density at radius 1 is 0.680 bits per heavy atom. The van der Waals surface area contributed by atoms with Gasteiger partial charge in [0.1, 0.15) is 79.3 Å². The molecule has 1 aliphatic heterocycles. The van der Waals surface area contributed by atoms with Gasteiger partial charge in [0.05, 0.1) is 46.2 Å². The molecule has 1 rings (SSSR count). The summed E-state index contributed by atoms with van der Waals surface area (Å²) in [6.07, 6.45) is -25.9. The first-order valence-electron chi connectivity index (χ1n) is 14.6. The number of rotatable bonds is 24. The number of phosphoric acid groups is 2. The van der Waals surface area contributed by atoms with Crippen LogP contribution in [0.5, 0.6) is 0 Å². The number of aliphatic hydroxyl groups is 13. The van der Waals surface area contributed by atoms with Crippen LogP contribution in [0, 0.1) is 0 Å². The summed E-state index contributed by atoms with van der Waals surface area (Å²) < 4.78 is 53.7. The fraction of sp³-hybridized carbons (Fsp3) is 0.957. The molecular formula is C23H47NO24P2. The van der Waals surface area contributed by atoms with Gasteiger partial charge in [-0.2, -0.15) is 0 Å². The Morgan fingerprint density at radius 3 is 1.40 bits per heavy atom. The van der Waals surface area contributed by atoms with Crippen molar-refractivity contribution in [2.24, 2.45) is 0 Å². The highest BCUT2D eigenvalue weighted by molar-refractivity contribution is 7.47. The van der Waals surface area contributed by atoms with E-state index in [1.165, 1.54) is 0 Å². The molecule has 1 fully saturated rings. The minimum Gasteiger partial charge on any atom is -0.394 e. The van der Waals surface area contributed by atoms with E-state index in [2.05, 4.69) is 23.4 Å². The van der Waals surface area contributed by atoms with Crippen molar-refractivity contribution >= 4 is 21.6 Å². The highest BCUT2D eigenvalue weighted by atomic mass is 31.2. The molecule has 0 aromatic carbocycles. The maximum atomic E-state index is 12.3. The zero-order valence-corrected chi connectivity index (χ0v) is 28.1. The molecule has 0 aliphatic carbocycles. The summed E-state index contributed by atoms with van der Waals surface area (Å²) in [4.78, 5) is 31.7. The quantitative estimate of drug-likeness (QED) is 0.0404. The zero-order valence-electron chi connectivity index (χ0n) is 26.3. The molecule has 0 aromatic rings. The Bertz CT molecular complexity index is 1040. The van der Waals surface area contributed by atoms with E-state index in [9.17, 15) is 79.9 Å². The van der Waals surface area contributed by atoms with E-state index in [4.69, 9.17) is 19.7 Å². The summed E-state index contributed by atoms with van der Waals surface area (Å²) in [6.45, 7) is -6.90. The molecule has 25 nitrogen and oxygen atoms in total. The molecule has 27 heteroatoms. The molecule has 0 aromatic heterocycles. The summed E-state index contributed by atoms with van der Waals surface area (Å²) in [7, 11) is -10.5. The topological polar surface area (TPSA) is 422 Å². The van der Waals surface area contributed by atoms with Crippen LogP contribution in [0.15, 0.2) is 0 Å². The minimum atomic E-state index is -5.25. The van der Waals surface area contributed by atoms with Gasteiger partial charge in [-0.1, -0.05) is 0 Å². The Hall–Kier alpha value is -0.910. The van der Waals surface area contributed by atoms with Gasteiger partial charge in [0.2, 0.25) is 5.91 Å². The fourth-order valence-electron chi connectivity index (χ4n) is 4.05. The molecular weight excluding hydrogens is 736 g/mol. The van der Waals surface area contributed by atoms with Crippen molar-refractivity contribution in [3.05, 3.63) is 0 Å². The summed E-state index contributed by atoms with van der Waals surface area (Å²) in [6, 6.07) is -1.68. The third-order valence-electron chi connectivity index (χ3n) is 6.89. The number of hydrogen-bond acceptors (Lipinski definition) is 22. The highest BCUT2D eigenvalue weighted by Gasteiger charge is 2.48.